The van der Waals surface area contributed by atoms with Crippen molar-refractivity contribution in [1.82, 2.24) is 0 Å². The summed E-state index contributed by atoms with van der Waals surface area (Å²) >= 11 is 0. The van der Waals surface area contributed by atoms with E-state index in [1.165, 1.54) is 18.8 Å². The van der Waals surface area contributed by atoms with Gasteiger partial charge in [-0.25, -0.2) is 0 Å². The molecule has 63 valence electrons. The molecule has 0 saturated carbocycles. The first-order chi connectivity index (χ1) is 5.35. The van der Waals surface area contributed by atoms with Crippen LogP contribution in [0.5, 0.6) is 0 Å². The number of rotatable bonds is 1. The maximum atomic E-state index is 8.68. The molecule has 0 atom stereocenters. The van der Waals surface area contributed by atoms with Crippen LogP contribution >= 0.6 is 0 Å². The molecule has 0 heterocycles. The molecular formula is C10H12OY-2. The Balaban J connectivity index is 0. The maximum Gasteiger partial charge on any atom is 0 e. The topological polar surface area (TPSA) is 17.1 Å². The standard InChI is InChI=1S/C8H9.C2H3O.Y/c1-2-8-6-4-3-5-7-8;1-2-3;/h3-4,6-7H,2H2,1H3;1H3;/q2*-1;. The fourth-order valence-electron chi connectivity index (χ4n) is 0.650. The molecule has 2 heteroatoms. The Kier molecular flexibility index (Phi) is 13.3. The molecule has 0 bridgehead atoms. The van der Waals surface area contributed by atoms with Gasteiger partial charge in [0.2, 0.25) is 0 Å². The summed E-state index contributed by atoms with van der Waals surface area (Å²) in [6.07, 6.45) is 2.61. The Labute approximate surface area is 99.4 Å². The molecule has 12 heavy (non-hydrogen) atoms. The molecule has 0 fully saturated rings. The van der Waals surface area contributed by atoms with E-state index in [1.807, 2.05) is 18.2 Å². The van der Waals surface area contributed by atoms with E-state index in [0.29, 0.717) is 0 Å². The summed E-state index contributed by atoms with van der Waals surface area (Å²) in [5.74, 6) is 0. The predicted octanol–water partition coefficient (Wildman–Crippen LogP) is 2.16. The average molecular weight is 237 g/mol. The fraction of sp³-hybridized carbons (Fsp3) is 0.300. The minimum atomic E-state index is 0. The molecule has 1 aromatic carbocycles. The Hall–Kier alpha value is -0.00610. The van der Waals surface area contributed by atoms with Gasteiger partial charge in [-0.3, -0.25) is 6.29 Å². The quantitative estimate of drug-likeness (QED) is 0.684. The Morgan fingerprint density at radius 2 is 2.17 bits per heavy atom. The molecule has 0 N–H and O–H groups in total. The summed E-state index contributed by atoms with van der Waals surface area (Å²) in [7, 11) is 0. The molecule has 0 aromatic heterocycles. The van der Waals surface area contributed by atoms with Crippen molar-refractivity contribution in [2.75, 3.05) is 0 Å². The summed E-state index contributed by atoms with van der Waals surface area (Å²) < 4.78 is 0. The Morgan fingerprint density at radius 3 is 2.42 bits per heavy atom. The van der Waals surface area contributed by atoms with Gasteiger partial charge in [-0.15, -0.1) is 0 Å². The smallest absolute Gasteiger partial charge is 0 e. The summed E-state index contributed by atoms with van der Waals surface area (Å²) in [6.45, 7) is 3.46. The summed E-state index contributed by atoms with van der Waals surface area (Å²) in [4.78, 5) is 8.68. The van der Waals surface area contributed by atoms with Crippen molar-refractivity contribution >= 4 is 6.29 Å². The molecule has 0 aliphatic heterocycles. The van der Waals surface area contributed by atoms with Crippen molar-refractivity contribution in [2.24, 2.45) is 0 Å². The molecular weight excluding hydrogens is 225 g/mol. The van der Waals surface area contributed by atoms with Crippen molar-refractivity contribution in [3.63, 3.8) is 0 Å². The number of hydrogen-bond donors (Lipinski definition) is 0. The SMILES string of the molecule is CCc1c[c-]ccc1.C[C-]=O.[Y]. The minimum absolute atomic E-state index is 0. The predicted molar refractivity (Wildman–Crippen MR) is 46.0 cm³/mol. The molecule has 0 aliphatic rings. The Morgan fingerprint density at radius 1 is 1.58 bits per heavy atom. The van der Waals surface area contributed by atoms with Crippen molar-refractivity contribution in [3.05, 3.63) is 35.9 Å². The molecule has 0 unspecified atom stereocenters. The third kappa shape index (κ3) is 8.09. The minimum Gasteiger partial charge on any atom is -0.542 e. The van der Waals surface area contributed by atoms with Gasteiger partial charge in [-0.1, -0.05) is 13.3 Å². The number of aryl methyl sites for hydroxylation is 1. The third-order valence-electron chi connectivity index (χ3n) is 1.18. The first-order valence-corrected chi connectivity index (χ1v) is 3.59. The zero-order valence-corrected chi connectivity index (χ0v) is 10.3. The van der Waals surface area contributed by atoms with Crippen LogP contribution in [0.3, 0.4) is 0 Å². The first kappa shape index (κ1) is 14.5. The van der Waals surface area contributed by atoms with E-state index in [-0.39, 0.29) is 32.7 Å². The van der Waals surface area contributed by atoms with Gasteiger partial charge in [0.05, 0.1) is 0 Å². The number of hydrogen-bond acceptors (Lipinski definition) is 1. The molecule has 0 amide bonds. The zero-order chi connectivity index (χ0) is 8.53. The molecule has 0 spiro atoms. The number of benzene rings is 1. The van der Waals surface area contributed by atoms with Crippen molar-refractivity contribution < 1.29 is 37.5 Å². The second-order valence-electron chi connectivity index (χ2n) is 1.97. The van der Waals surface area contributed by atoms with Crippen LogP contribution in [0.4, 0.5) is 0 Å². The van der Waals surface area contributed by atoms with Crippen molar-refractivity contribution in [2.45, 2.75) is 20.3 Å². The van der Waals surface area contributed by atoms with E-state index in [1.54, 1.807) is 0 Å². The molecule has 1 aromatic rings. The van der Waals surface area contributed by atoms with Crippen LogP contribution in [-0.4, -0.2) is 6.29 Å². The number of carbonyl (C=O) groups excluding carboxylic acids is 1. The van der Waals surface area contributed by atoms with Crippen molar-refractivity contribution in [1.29, 1.82) is 0 Å². The molecule has 0 saturated heterocycles. The third-order valence-corrected chi connectivity index (χ3v) is 1.18. The van der Waals surface area contributed by atoms with Gasteiger partial charge < -0.3 is 4.79 Å². The van der Waals surface area contributed by atoms with Crippen LogP contribution < -0.4 is 0 Å². The van der Waals surface area contributed by atoms with Crippen LogP contribution in [-0.2, 0) is 43.9 Å². The Bertz CT molecular complexity index is 184. The van der Waals surface area contributed by atoms with Gasteiger partial charge in [0.1, 0.15) is 0 Å². The van der Waals surface area contributed by atoms with Crippen LogP contribution in [0, 0.1) is 6.07 Å². The molecule has 1 nitrogen and oxygen atoms in total. The van der Waals surface area contributed by atoms with Gasteiger partial charge in [0.15, 0.2) is 0 Å². The van der Waals surface area contributed by atoms with Gasteiger partial charge >= 0.3 is 0 Å². The summed E-state index contributed by atoms with van der Waals surface area (Å²) in [6, 6.07) is 11.1. The fourth-order valence-corrected chi connectivity index (χ4v) is 0.650. The largest absolute Gasteiger partial charge is 0.542 e. The van der Waals surface area contributed by atoms with E-state index in [2.05, 4.69) is 19.1 Å². The summed E-state index contributed by atoms with van der Waals surface area (Å²) in [5, 5.41) is 0. The second kappa shape index (κ2) is 11.0. The van der Waals surface area contributed by atoms with Gasteiger partial charge in [0.25, 0.3) is 0 Å². The molecule has 0 aliphatic carbocycles. The second-order valence-corrected chi connectivity index (χ2v) is 1.97. The monoisotopic (exact) mass is 237 g/mol. The molecule has 1 radical (unpaired) electrons. The summed E-state index contributed by atoms with van der Waals surface area (Å²) in [5.41, 5.74) is 1.35. The van der Waals surface area contributed by atoms with E-state index in [4.69, 9.17) is 4.79 Å². The first-order valence-electron chi connectivity index (χ1n) is 3.59. The van der Waals surface area contributed by atoms with Crippen LogP contribution in [0.25, 0.3) is 0 Å². The van der Waals surface area contributed by atoms with Gasteiger partial charge in [-0.05, 0) is 0 Å². The van der Waals surface area contributed by atoms with E-state index >= 15 is 0 Å². The van der Waals surface area contributed by atoms with Crippen LogP contribution in [0.2, 0.25) is 0 Å². The van der Waals surface area contributed by atoms with Gasteiger partial charge in [-0.2, -0.15) is 42.8 Å². The van der Waals surface area contributed by atoms with Crippen molar-refractivity contribution in [3.8, 4) is 0 Å². The van der Waals surface area contributed by atoms with Crippen LogP contribution in [0.1, 0.15) is 19.4 Å². The van der Waals surface area contributed by atoms with Gasteiger partial charge in [0, 0.05) is 32.7 Å². The maximum absolute atomic E-state index is 8.68. The average Bonchev–Trinajstić information content (AvgIpc) is 2.08. The van der Waals surface area contributed by atoms with E-state index in [9.17, 15) is 0 Å². The normalized spacial score (nSPS) is 7.17. The van der Waals surface area contributed by atoms with E-state index in [0.717, 1.165) is 6.42 Å². The molecule has 1 rings (SSSR count). The van der Waals surface area contributed by atoms with E-state index < -0.39 is 0 Å². The van der Waals surface area contributed by atoms with Crippen LogP contribution in [0.15, 0.2) is 24.3 Å². The zero-order valence-electron chi connectivity index (χ0n) is 7.50.